The van der Waals surface area contributed by atoms with Crippen LogP contribution in [0.1, 0.15) is 34.6 Å². The first-order valence-electron chi connectivity index (χ1n) is 12.0. The van der Waals surface area contributed by atoms with Gasteiger partial charge in [0.2, 0.25) is 0 Å². The maximum Gasteiger partial charge on any atom is 0.415 e. The minimum Gasteiger partial charge on any atom is -0.425 e. The third-order valence-electron chi connectivity index (χ3n) is 6.07. The molecule has 0 aliphatic rings. The molecule has 4 aromatic carbocycles. The summed E-state index contributed by atoms with van der Waals surface area (Å²) < 4.78 is 12.0. The lowest BCUT2D eigenvalue weighted by atomic mass is 9.92. The first kappa shape index (κ1) is 24.3. The lowest BCUT2D eigenvalue weighted by molar-refractivity contribution is -0.142. The number of hydrogen-bond acceptors (Lipinski definition) is 4. The van der Waals surface area contributed by atoms with E-state index in [4.69, 9.17) is 9.47 Å². The Hall–Kier alpha value is -3.86. The average Bonchev–Trinajstić information content (AvgIpc) is 2.84. The van der Waals surface area contributed by atoms with E-state index in [-0.39, 0.29) is 5.97 Å². The Morgan fingerprint density at radius 1 is 0.686 bits per heavy atom. The van der Waals surface area contributed by atoms with E-state index in [0.717, 1.165) is 32.7 Å². The molecular weight excluding hydrogens is 438 g/mol. The van der Waals surface area contributed by atoms with Gasteiger partial charge in [-0.1, -0.05) is 60.7 Å². The minimum absolute atomic E-state index is 0.337. The lowest BCUT2D eigenvalue weighted by Crippen LogP contribution is -2.33. The Kier molecular flexibility index (Phi) is 6.79. The normalized spacial score (nSPS) is 11.5. The number of amides is 1. The van der Waals surface area contributed by atoms with Crippen molar-refractivity contribution in [3.63, 3.8) is 0 Å². The summed E-state index contributed by atoms with van der Waals surface area (Å²) >= 11 is 0. The monoisotopic (exact) mass is 469 g/mol. The molecule has 0 saturated carbocycles. The van der Waals surface area contributed by atoms with Crippen LogP contribution in [0.5, 0.6) is 11.5 Å². The number of carbonyl (C=O) groups excluding carboxylic acids is 2. The number of esters is 1. The zero-order valence-electron chi connectivity index (χ0n) is 20.9. The van der Waals surface area contributed by atoms with Gasteiger partial charge in [-0.05, 0) is 68.3 Å². The molecular formula is C30H31NO4. The molecule has 4 rings (SSSR count). The summed E-state index contributed by atoms with van der Waals surface area (Å²) in [5, 5.41) is 3.79. The van der Waals surface area contributed by atoms with E-state index in [1.165, 1.54) is 0 Å². The summed E-state index contributed by atoms with van der Waals surface area (Å²) in [5.74, 6) is 0.515. The summed E-state index contributed by atoms with van der Waals surface area (Å²) in [6.45, 7) is 10.4. The van der Waals surface area contributed by atoms with E-state index in [2.05, 4.69) is 0 Å². The second-order valence-electron chi connectivity index (χ2n) is 9.50. The largest absolute Gasteiger partial charge is 0.425 e. The number of carbonyl (C=O) groups is 2. The molecule has 0 aromatic heterocycles. The number of ether oxygens (including phenoxy) is 2. The Morgan fingerprint density at radius 3 is 1.60 bits per heavy atom. The summed E-state index contributed by atoms with van der Waals surface area (Å²) in [6, 6.07) is 23.4. The zero-order chi connectivity index (χ0) is 25.2. The topological polar surface area (TPSA) is 55.8 Å². The van der Waals surface area contributed by atoms with Crippen molar-refractivity contribution in [1.29, 1.82) is 0 Å². The maximum atomic E-state index is 13.0. The Balaban J connectivity index is 2.03. The fraction of sp³-hybridized carbons (Fsp3) is 0.267. The van der Waals surface area contributed by atoms with Crippen LogP contribution in [0, 0.1) is 5.41 Å². The first-order valence-corrected chi connectivity index (χ1v) is 12.0. The molecule has 5 heteroatoms. The van der Waals surface area contributed by atoms with Gasteiger partial charge >= 0.3 is 12.1 Å². The van der Waals surface area contributed by atoms with Crippen molar-refractivity contribution in [2.45, 2.75) is 34.6 Å². The highest BCUT2D eigenvalue weighted by molar-refractivity contribution is 6.10. The molecule has 0 atom stereocenters. The van der Waals surface area contributed by atoms with Gasteiger partial charge in [0.15, 0.2) is 0 Å². The molecule has 180 valence electrons. The van der Waals surface area contributed by atoms with Gasteiger partial charge in [-0.3, -0.25) is 4.79 Å². The van der Waals surface area contributed by atoms with E-state index >= 15 is 0 Å². The van der Waals surface area contributed by atoms with Crippen molar-refractivity contribution in [1.82, 2.24) is 4.90 Å². The van der Waals surface area contributed by atoms with Gasteiger partial charge in [0.25, 0.3) is 0 Å². The van der Waals surface area contributed by atoms with Crippen LogP contribution in [0.15, 0.2) is 72.8 Å². The van der Waals surface area contributed by atoms with Crippen molar-refractivity contribution < 1.29 is 19.1 Å². The van der Waals surface area contributed by atoms with Crippen LogP contribution in [0.2, 0.25) is 0 Å². The van der Waals surface area contributed by atoms with Gasteiger partial charge in [0.1, 0.15) is 11.5 Å². The van der Waals surface area contributed by atoms with Crippen LogP contribution in [0.25, 0.3) is 32.7 Å². The predicted octanol–water partition coefficient (Wildman–Crippen LogP) is 7.45. The Bertz CT molecular complexity index is 1400. The van der Waals surface area contributed by atoms with Crippen molar-refractivity contribution in [3.05, 3.63) is 72.8 Å². The maximum absolute atomic E-state index is 13.0. The highest BCUT2D eigenvalue weighted by Crippen LogP contribution is 2.46. The van der Waals surface area contributed by atoms with E-state index in [9.17, 15) is 9.59 Å². The highest BCUT2D eigenvalue weighted by atomic mass is 16.6. The van der Waals surface area contributed by atoms with E-state index < -0.39 is 11.5 Å². The second-order valence-corrected chi connectivity index (χ2v) is 9.50. The predicted molar refractivity (Wildman–Crippen MR) is 141 cm³/mol. The van der Waals surface area contributed by atoms with Crippen LogP contribution < -0.4 is 9.47 Å². The molecule has 0 fully saturated rings. The van der Waals surface area contributed by atoms with E-state index in [1.54, 1.807) is 4.90 Å². The van der Waals surface area contributed by atoms with E-state index in [1.807, 2.05) is 107 Å². The molecule has 0 bridgehead atoms. The second kappa shape index (κ2) is 9.79. The molecule has 0 saturated heterocycles. The van der Waals surface area contributed by atoms with Crippen LogP contribution >= 0.6 is 0 Å². The molecule has 4 aromatic rings. The molecule has 0 radical (unpaired) electrons. The molecule has 0 spiro atoms. The molecule has 1 amide bonds. The quantitative estimate of drug-likeness (QED) is 0.225. The van der Waals surface area contributed by atoms with Gasteiger partial charge in [-0.25, -0.2) is 4.79 Å². The van der Waals surface area contributed by atoms with Gasteiger partial charge in [0, 0.05) is 24.2 Å². The third kappa shape index (κ3) is 4.85. The summed E-state index contributed by atoms with van der Waals surface area (Å²) in [4.78, 5) is 27.5. The fourth-order valence-corrected chi connectivity index (χ4v) is 4.08. The standard InChI is InChI=1S/C30H31NO4/c1-6-31(7-2)29(33)35-25-19-17-21-13-9-11-15-23(21)27(25)26-22-14-10-8-12-20(22)16-18-24(26)34-28(32)30(3,4)5/h8-19H,6-7H2,1-5H3. The summed E-state index contributed by atoms with van der Waals surface area (Å²) in [6.07, 6.45) is -0.417. The number of nitrogens with zero attached hydrogens (tertiary/aromatic N) is 1. The van der Waals surface area contributed by atoms with Crippen molar-refractivity contribution in [3.8, 4) is 22.6 Å². The van der Waals surface area contributed by atoms with Crippen molar-refractivity contribution >= 4 is 33.6 Å². The average molecular weight is 470 g/mol. The first-order chi connectivity index (χ1) is 16.7. The summed E-state index contributed by atoms with van der Waals surface area (Å²) in [5.41, 5.74) is 0.761. The van der Waals surface area contributed by atoms with E-state index in [0.29, 0.717) is 24.6 Å². The van der Waals surface area contributed by atoms with Crippen LogP contribution in [0.3, 0.4) is 0 Å². The van der Waals surface area contributed by atoms with Gasteiger partial charge < -0.3 is 14.4 Å². The van der Waals surface area contributed by atoms with Crippen LogP contribution in [-0.2, 0) is 4.79 Å². The van der Waals surface area contributed by atoms with Gasteiger partial charge in [0.05, 0.1) is 5.41 Å². The highest BCUT2D eigenvalue weighted by Gasteiger charge is 2.27. The lowest BCUT2D eigenvalue weighted by Gasteiger charge is -2.23. The number of benzene rings is 4. The Morgan fingerprint density at radius 2 is 1.14 bits per heavy atom. The van der Waals surface area contributed by atoms with Gasteiger partial charge in [-0.15, -0.1) is 0 Å². The smallest absolute Gasteiger partial charge is 0.415 e. The Labute approximate surface area is 206 Å². The molecule has 0 aliphatic heterocycles. The van der Waals surface area contributed by atoms with Gasteiger partial charge in [-0.2, -0.15) is 0 Å². The van der Waals surface area contributed by atoms with Crippen molar-refractivity contribution in [2.24, 2.45) is 5.41 Å². The molecule has 0 aliphatic carbocycles. The number of rotatable bonds is 5. The molecule has 0 heterocycles. The minimum atomic E-state index is -0.681. The number of fused-ring (bicyclic) bond motifs is 2. The molecule has 35 heavy (non-hydrogen) atoms. The van der Waals surface area contributed by atoms with Crippen molar-refractivity contribution in [2.75, 3.05) is 13.1 Å². The van der Waals surface area contributed by atoms with Crippen LogP contribution in [-0.4, -0.2) is 30.1 Å². The number of hydrogen-bond donors (Lipinski definition) is 0. The fourth-order valence-electron chi connectivity index (χ4n) is 4.08. The SMILES string of the molecule is CCN(CC)C(=O)Oc1ccc2ccccc2c1-c1c(OC(=O)C(C)(C)C)ccc2ccccc12. The molecule has 5 nitrogen and oxygen atoms in total. The molecule has 0 N–H and O–H groups in total. The third-order valence-corrected chi connectivity index (χ3v) is 6.07. The zero-order valence-corrected chi connectivity index (χ0v) is 20.9. The molecule has 0 unspecified atom stereocenters. The van der Waals surface area contributed by atoms with Crippen LogP contribution in [0.4, 0.5) is 4.79 Å². The summed E-state index contributed by atoms with van der Waals surface area (Å²) in [7, 11) is 0.